The molecule has 4 rings (SSSR count). The average molecular weight is 496 g/mol. The lowest BCUT2D eigenvalue weighted by Gasteiger charge is -2.49. The highest BCUT2D eigenvalue weighted by Crippen LogP contribution is 2.22. The number of hydrogen-bond acceptors (Lipinski definition) is 8. The lowest BCUT2D eigenvalue weighted by Crippen LogP contribution is -2.67. The maximum Gasteiger partial charge on any atom is 0.228 e. The Balaban J connectivity index is 1.45. The van der Waals surface area contributed by atoms with Crippen molar-refractivity contribution in [2.24, 2.45) is 17.6 Å². The Bertz CT molecular complexity index is 739. The normalized spacial score (nSPS) is 39.7. The summed E-state index contributed by atoms with van der Waals surface area (Å²) in [6.07, 6.45) is 1.64. The maximum absolute atomic E-state index is 14.4. The minimum absolute atomic E-state index is 0.00357. The third-order valence-corrected chi connectivity index (χ3v) is 8.15. The van der Waals surface area contributed by atoms with Gasteiger partial charge in [-0.15, -0.1) is 0 Å². The molecule has 0 aromatic rings. The number of carbonyl (C=O) groups excluding carboxylic acids is 1. The van der Waals surface area contributed by atoms with Crippen LogP contribution in [0.2, 0.25) is 0 Å². The molecule has 6 unspecified atom stereocenters. The van der Waals surface area contributed by atoms with Gasteiger partial charge in [0.1, 0.15) is 6.17 Å². The number of carbonyl (C=O) groups is 1. The monoisotopic (exact) mass is 495 g/mol. The van der Waals surface area contributed by atoms with Crippen LogP contribution in [0.1, 0.15) is 33.6 Å². The van der Waals surface area contributed by atoms with Crippen LogP contribution in [0.4, 0.5) is 4.39 Å². The van der Waals surface area contributed by atoms with Gasteiger partial charge in [0.05, 0.1) is 31.3 Å². The van der Waals surface area contributed by atoms with Crippen molar-refractivity contribution in [3.05, 3.63) is 11.8 Å². The van der Waals surface area contributed by atoms with E-state index in [1.165, 1.54) is 0 Å². The van der Waals surface area contributed by atoms with Crippen molar-refractivity contribution >= 4 is 5.91 Å². The molecule has 1 amide bonds. The Hall–Kier alpha value is -1.30. The van der Waals surface area contributed by atoms with Crippen molar-refractivity contribution in [2.75, 3.05) is 59.0 Å². The molecule has 0 radical (unpaired) electrons. The predicted octanol–water partition coefficient (Wildman–Crippen LogP) is -0.400. The molecule has 0 spiro atoms. The summed E-state index contributed by atoms with van der Waals surface area (Å²) in [4.78, 5) is 18.8. The molecule has 0 aliphatic carbocycles. The van der Waals surface area contributed by atoms with Gasteiger partial charge in [0, 0.05) is 63.1 Å². The smallest absolute Gasteiger partial charge is 0.228 e. The molecule has 4 aliphatic rings. The molecule has 4 heterocycles. The van der Waals surface area contributed by atoms with Gasteiger partial charge in [-0.25, -0.2) is 4.39 Å². The van der Waals surface area contributed by atoms with E-state index in [1.807, 2.05) is 13.0 Å². The van der Waals surface area contributed by atoms with E-state index in [4.69, 9.17) is 10.5 Å². The van der Waals surface area contributed by atoms with Crippen molar-refractivity contribution in [2.45, 2.75) is 70.1 Å². The molecule has 200 valence electrons. The second kappa shape index (κ2) is 12.3. The number of allylic oxidation sites excluding steroid dienone is 2. The fourth-order valence-electron chi connectivity index (χ4n) is 6.00. The molecule has 3 fully saturated rings. The van der Waals surface area contributed by atoms with Crippen molar-refractivity contribution < 1.29 is 13.9 Å². The van der Waals surface area contributed by atoms with Crippen LogP contribution in [0.25, 0.3) is 0 Å². The highest BCUT2D eigenvalue weighted by atomic mass is 19.1. The number of nitrogens with zero attached hydrogens (tertiary/aromatic N) is 2. The average Bonchev–Trinajstić information content (AvgIpc) is 2.85. The van der Waals surface area contributed by atoms with E-state index < -0.39 is 18.3 Å². The number of nitrogens with two attached hydrogens (primary N) is 1. The molecule has 6 N–H and O–H groups in total. The Morgan fingerprint density at radius 1 is 1.26 bits per heavy atom. The molecule has 3 saturated heterocycles. The fraction of sp³-hybridized carbons (Fsp3) is 0.880. The van der Waals surface area contributed by atoms with Gasteiger partial charge in [-0.05, 0) is 32.2 Å². The van der Waals surface area contributed by atoms with Crippen LogP contribution in [0.15, 0.2) is 11.8 Å². The summed E-state index contributed by atoms with van der Waals surface area (Å²) in [5, 5.41) is 13.4. The second-order valence-corrected chi connectivity index (χ2v) is 11.0. The Morgan fingerprint density at radius 2 is 2.06 bits per heavy atom. The lowest BCUT2D eigenvalue weighted by atomic mass is 9.92. The van der Waals surface area contributed by atoms with Crippen molar-refractivity contribution in [3.63, 3.8) is 0 Å². The number of amides is 1. The number of fused-ring (bicyclic) bond motifs is 1. The van der Waals surface area contributed by atoms with Crippen LogP contribution in [0, 0.1) is 11.8 Å². The summed E-state index contributed by atoms with van der Waals surface area (Å²) in [5.74, 6) is -0.440. The molecule has 0 aromatic heterocycles. The number of rotatable bonds is 4. The second-order valence-electron chi connectivity index (χ2n) is 11.0. The third-order valence-electron chi connectivity index (χ3n) is 8.15. The predicted molar refractivity (Wildman–Crippen MR) is 135 cm³/mol. The molecular formula is C25H46FN7O2. The highest BCUT2D eigenvalue weighted by molar-refractivity contribution is 5.80. The van der Waals surface area contributed by atoms with Gasteiger partial charge < -0.3 is 31.7 Å². The Morgan fingerprint density at radius 3 is 2.86 bits per heavy atom. The van der Waals surface area contributed by atoms with Crippen LogP contribution < -0.4 is 27.0 Å². The summed E-state index contributed by atoms with van der Waals surface area (Å²) in [7, 11) is 0. The maximum atomic E-state index is 14.4. The number of alkyl halides is 1. The summed E-state index contributed by atoms with van der Waals surface area (Å²) in [5.41, 5.74) is 7.49. The molecular weight excluding hydrogens is 449 g/mol. The summed E-state index contributed by atoms with van der Waals surface area (Å²) in [6, 6.07) is 0.438. The van der Waals surface area contributed by atoms with E-state index in [0.717, 1.165) is 64.6 Å². The molecule has 0 aromatic carbocycles. The van der Waals surface area contributed by atoms with E-state index in [2.05, 4.69) is 44.9 Å². The molecule has 0 bridgehead atoms. The van der Waals surface area contributed by atoms with Gasteiger partial charge in [-0.2, -0.15) is 0 Å². The van der Waals surface area contributed by atoms with Gasteiger partial charge in [-0.3, -0.25) is 14.6 Å². The minimum atomic E-state index is -1.000. The van der Waals surface area contributed by atoms with E-state index in [9.17, 15) is 9.18 Å². The first-order valence-electron chi connectivity index (χ1n) is 13.5. The van der Waals surface area contributed by atoms with E-state index in [-0.39, 0.29) is 36.5 Å². The standard InChI is InChI=1S/C25H46FN7O2/c1-16(2)20-5-4-18(26)12-29-17(3)23(24(27)30-20)25(34)31-21-13-28-7-6-22(21)33-9-8-32-10-11-35-15-19(32)14-33/h5,16-19,21-24,28-30H,4,6-15,27H2,1-3H3,(H,31,34)/b20-5-/t17?,18?,19-,21?,22?,23?,24?/m0/s1. The van der Waals surface area contributed by atoms with Crippen LogP contribution in [0.3, 0.4) is 0 Å². The number of piperidine rings is 1. The zero-order chi connectivity index (χ0) is 24.9. The number of nitrogens with one attached hydrogen (secondary N) is 4. The molecule has 4 aliphatic heterocycles. The van der Waals surface area contributed by atoms with Crippen LogP contribution in [-0.4, -0.2) is 111 Å². The number of morpholine rings is 1. The van der Waals surface area contributed by atoms with Crippen molar-refractivity contribution in [3.8, 4) is 0 Å². The fourth-order valence-corrected chi connectivity index (χ4v) is 6.00. The first-order valence-corrected chi connectivity index (χ1v) is 13.5. The zero-order valence-electron chi connectivity index (χ0n) is 21.6. The van der Waals surface area contributed by atoms with Gasteiger partial charge in [0.15, 0.2) is 0 Å². The van der Waals surface area contributed by atoms with Gasteiger partial charge in [-0.1, -0.05) is 19.9 Å². The highest BCUT2D eigenvalue weighted by Gasteiger charge is 2.39. The molecule has 9 nitrogen and oxygen atoms in total. The molecule has 10 heteroatoms. The van der Waals surface area contributed by atoms with Crippen LogP contribution >= 0.6 is 0 Å². The Kier molecular flexibility index (Phi) is 9.40. The molecule has 7 atom stereocenters. The molecule has 35 heavy (non-hydrogen) atoms. The lowest BCUT2D eigenvalue weighted by molar-refractivity contribution is -0.128. The van der Waals surface area contributed by atoms with E-state index in [0.29, 0.717) is 12.5 Å². The SMILES string of the molecule is CC(C)/C1=C/CC(F)CNC(C)C(C(=O)NC2CNCCC2N2CCN3CCOC[C@@H]3C2)C(N)N1. The Labute approximate surface area is 209 Å². The van der Waals surface area contributed by atoms with E-state index >= 15 is 0 Å². The van der Waals surface area contributed by atoms with Crippen molar-refractivity contribution in [1.29, 1.82) is 0 Å². The van der Waals surface area contributed by atoms with Crippen LogP contribution in [-0.2, 0) is 9.53 Å². The van der Waals surface area contributed by atoms with Gasteiger partial charge in [0.25, 0.3) is 0 Å². The minimum Gasteiger partial charge on any atom is -0.378 e. The van der Waals surface area contributed by atoms with Gasteiger partial charge >= 0.3 is 0 Å². The number of halogens is 1. The third kappa shape index (κ3) is 6.72. The topological polar surface area (TPSA) is 107 Å². The number of ether oxygens (including phenoxy) is 1. The molecule has 0 saturated carbocycles. The number of piperazine rings is 1. The van der Waals surface area contributed by atoms with Crippen LogP contribution in [0.5, 0.6) is 0 Å². The van der Waals surface area contributed by atoms with E-state index in [1.54, 1.807) is 0 Å². The van der Waals surface area contributed by atoms with Crippen molar-refractivity contribution in [1.82, 2.24) is 31.1 Å². The van der Waals surface area contributed by atoms with Gasteiger partial charge in [0.2, 0.25) is 5.91 Å². The number of hydrogen-bond donors (Lipinski definition) is 5. The zero-order valence-corrected chi connectivity index (χ0v) is 21.6. The first-order chi connectivity index (χ1) is 16.8. The summed E-state index contributed by atoms with van der Waals surface area (Å²) >= 11 is 0. The summed E-state index contributed by atoms with van der Waals surface area (Å²) < 4.78 is 20.2. The first kappa shape index (κ1) is 26.8. The summed E-state index contributed by atoms with van der Waals surface area (Å²) in [6.45, 7) is 13.6. The largest absolute Gasteiger partial charge is 0.378 e. The quantitative estimate of drug-likeness (QED) is 0.359.